The van der Waals surface area contributed by atoms with Crippen LogP contribution in [0.2, 0.25) is 0 Å². The predicted molar refractivity (Wildman–Crippen MR) is 131 cm³/mol. The Labute approximate surface area is 195 Å². The number of hydrogen-bond donors (Lipinski definition) is 1. The molecule has 1 N–H and O–H groups in total. The van der Waals surface area contributed by atoms with E-state index in [-0.39, 0.29) is 18.5 Å². The van der Waals surface area contributed by atoms with E-state index in [1.165, 1.54) is 16.0 Å². The van der Waals surface area contributed by atoms with Crippen molar-refractivity contribution in [3.05, 3.63) is 77.0 Å². The van der Waals surface area contributed by atoms with Crippen LogP contribution >= 0.6 is 11.3 Å². The van der Waals surface area contributed by atoms with Gasteiger partial charge in [-0.1, -0.05) is 29.8 Å². The Hall–Kier alpha value is -2.41. The van der Waals surface area contributed by atoms with Crippen LogP contribution < -0.4 is 4.74 Å². The van der Waals surface area contributed by atoms with Gasteiger partial charge in [-0.3, -0.25) is 9.69 Å². The third-order valence-electron chi connectivity index (χ3n) is 5.76. The van der Waals surface area contributed by atoms with Gasteiger partial charge in [0, 0.05) is 24.5 Å². The fourth-order valence-electron chi connectivity index (χ4n) is 4.05. The molecule has 6 heteroatoms. The summed E-state index contributed by atoms with van der Waals surface area (Å²) in [5.41, 5.74) is 2.37. The first-order valence-electron chi connectivity index (χ1n) is 11.2. The van der Waals surface area contributed by atoms with Crippen molar-refractivity contribution in [2.75, 3.05) is 32.8 Å². The first-order valence-corrected chi connectivity index (χ1v) is 12.1. The quantitative estimate of drug-likeness (QED) is 0.484. The Kier molecular flexibility index (Phi) is 9.09. The van der Waals surface area contributed by atoms with E-state index < -0.39 is 6.10 Å². The zero-order valence-electron chi connectivity index (χ0n) is 18.9. The number of aryl methyl sites for hydroxylation is 1. The molecule has 0 bridgehead atoms. The van der Waals surface area contributed by atoms with E-state index in [1.54, 1.807) is 23.5 Å². The van der Waals surface area contributed by atoms with Crippen molar-refractivity contribution in [2.24, 2.45) is 0 Å². The number of hydrogen-bond acceptors (Lipinski definition) is 5. The maximum absolute atomic E-state index is 13.4. The Bertz CT molecular complexity index is 893. The zero-order chi connectivity index (χ0) is 22.9. The highest BCUT2D eigenvalue weighted by Crippen LogP contribution is 2.34. The molecule has 172 valence electrons. The highest BCUT2D eigenvalue weighted by atomic mass is 32.1. The molecule has 0 fully saturated rings. The van der Waals surface area contributed by atoms with Gasteiger partial charge in [0.15, 0.2) is 0 Å². The molecule has 1 amide bonds. The molecule has 1 aliphatic rings. The standard InChI is InChI=1S/C26H34N2O3S/c1-4-6-7-21(29)17-27(14-5-2)18-26(30)28-15-12-25-23(13-16-32-25)24(28)19-31-22-10-8-20(3)9-11-22/h4-5,8-11,13,16,21,24,29H,1-2,6-7,12,14-15,17-19H2,3H3/t21-,24-/m0/s1. The lowest BCUT2D eigenvalue weighted by Gasteiger charge is -2.37. The molecule has 32 heavy (non-hydrogen) atoms. The molecule has 0 unspecified atom stereocenters. The third-order valence-corrected chi connectivity index (χ3v) is 6.76. The molecule has 0 saturated carbocycles. The molecule has 0 aliphatic carbocycles. The van der Waals surface area contributed by atoms with Gasteiger partial charge in [0.2, 0.25) is 5.91 Å². The Morgan fingerprint density at radius 1 is 1.31 bits per heavy atom. The van der Waals surface area contributed by atoms with Crippen molar-refractivity contribution in [3.63, 3.8) is 0 Å². The summed E-state index contributed by atoms with van der Waals surface area (Å²) in [6.07, 6.45) is 5.34. The molecule has 2 heterocycles. The molecule has 0 spiro atoms. The van der Waals surface area contributed by atoms with Crippen LogP contribution in [0.15, 0.2) is 61.0 Å². The monoisotopic (exact) mass is 454 g/mol. The van der Waals surface area contributed by atoms with Crippen molar-refractivity contribution >= 4 is 17.2 Å². The number of aliphatic hydroxyl groups is 1. The lowest BCUT2D eigenvalue weighted by Crippen LogP contribution is -2.47. The number of fused-ring (bicyclic) bond motifs is 1. The number of allylic oxidation sites excluding steroid dienone is 1. The molecule has 1 aromatic carbocycles. The van der Waals surface area contributed by atoms with E-state index in [1.807, 2.05) is 41.0 Å². The van der Waals surface area contributed by atoms with E-state index in [9.17, 15) is 9.90 Å². The minimum Gasteiger partial charge on any atom is -0.491 e. The normalized spacial score (nSPS) is 16.5. The van der Waals surface area contributed by atoms with Crippen LogP contribution in [0.4, 0.5) is 0 Å². The van der Waals surface area contributed by atoms with E-state index in [0.29, 0.717) is 32.7 Å². The fraction of sp³-hybridized carbons (Fsp3) is 0.423. The second-order valence-corrected chi connectivity index (χ2v) is 9.28. The zero-order valence-corrected chi connectivity index (χ0v) is 19.7. The minimum atomic E-state index is -0.494. The summed E-state index contributed by atoms with van der Waals surface area (Å²) < 4.78 is 6.10. The van der Waals surface area contributed by atoms with Crippen LogP contribution in [-0.4, -0.2) is 59.7 Å². The molecule has 5 nitrogen and oxygen atoms in total. The van der Waals surface area contributed by atoms with Gasteiger partial charge < -0.3 is 14.7 Å². The maximum Gasteiger partial charge on any atom is 0.237 e. The molecule has 1 aromatic heterocycles. The predicted octanol–water partition coefficient (Wildman–Crippen LogP) is 4.38. The third kappa shape index (κ3) is 6.55. The van der Waals surface area contributed by atoms with Crippen LogP contribution in [0.5, 0.6) is 5.75 Å². The summed E-state index contributed by atoms with van der Waals surface area (Å²) >= 11 is 1.75. The van der Waals surface area contributed by atoms with Crippen molar-refractivity contribution in [1.82, 2.24) is 9.80 Å². The largest absolute Gasteiger partial charge is 0.491 e. The van der Waals surface area contributed by atoms with Gasteiger partial charge in [0.25, 0.3) is 0 Å². The lowest BCUT2D eigenvalue weighted by molar-refractivity contribution is -0.136. The van der Waals surface area contributed by atoms with Crippen molar-refractivity contribution in [1.29, 1.82) is 0 Å². The van der Waals surface area contributed by atoms with Gasteiger partial charge in [0.1, 0.15) is 12.4 Å². The van der Waals surface area contributed by atoms with Crippen LogP contribution in [0.3, 0.4) is 0 Å². The van der Waals surface area contributed by atoms with Crippen molar-refractivity contribution in [2.45, 2.75) is 38.3 Å². The first-order chi connectivity index (χ1) is 15.5. The molecular formula is C26H34N2O3S. The van der Waals surface area contributed by atoms with E-state index in [4.69, 9.17) is 4.74 Å². The number of nitrogens with zero attached hydrogens (tertiary/aromatic N) is 2. The summed E-state index contributed by atoms with van der Waals surface area (Å²) in [6, 6.07) is 9.99. The number of rotatable bonds is 12. The van der Waals surface area contributed by atoms with E-state index >= 15 is 0 Å². The number of carbonyl (C=O) groups is 1. The van der Waals surface area contributed by atoms with Crippen LogP contribution in [0.1, 0.15) is 34.9 Å². The topological polar surface area (TPSA) is 53.0 Å². The number of amides is 1. The summed E-state index contributed by atoms with van der Waals surface area (Å²) in [6.45, 7) is 11.9. The number of ether oxygens (including phenoxy) is 1. The van der Waals surface area contributed by atoms with E-state index in [2.05, 4.69) is 24.6 Å². The Morgan fingerprint density at radius 3 is 2.81 bits per heavy atom. The summed E-state index contributed by atoms with van der Waals surface area (Å²) in [5, 5.41) is 12.4. The number of benzene rings is 1. The van der Waals surface area contributed by atoms with Gasteiger partial charge in [-0.25, -0.2) is 0 Å². The SMILES string of the molecule is C=CCC[C@H](O)CN(CC=C)CC(=O)N1CCc2sccc2[C@@H]1COc1ccc(C)cc1. The Balaban J connectivity index is 1.69. The number of carbonyl (C=O) groups excluding carboxylic acids is 1. The first kappa shape index (κ1) is 24.2. The molecule has 3 rings (SSSR count). The number of aliphatic hydroxyl groups excluding tert-OH is 1. The molecule has 2 atom stereocenters. The minimum absolute atomic E-state index is 0.0529. The maximum atomic E-state index is 13.4. The van der Waals surface area contributed by atoms with Gasteiger partial charge in [-0.15, -0.1) is 24.5 Å². The summed E-state index contributed by atoms with van der Waals surface area (Å²) in [7, 11) is 0. The average molecular weight is 455 g/mol. The van der Waals surface area contributed by atoms with Crippen LogP contribution in [0.25, 0.3) is 0 Å². The molecule has 0 radical (unpaired) electrons. The fourth-order valence-corrected chi connectivity index (χ4v) is 4.98. The van der Waals surface area contributed by atoms with Crippen LogP contribution in [-0.2, 0) is 11.2 Å². The Morgan fingerprint density at radius 2 is 2.09 bits per heavy atom. The van der Waals surface area contributed by atoms with Crippen molar-refractivity contribution < 1.29 is 14.6 Å². The molecule has 1 aliphatic heterocycles. The highest BCUT2D eigenvalue weighted by Gasteiger charge is 2.33. The smallest absolute Gasteiger partial charge is 0.237 e. The number of thiophene rings is 1. The molecular weight excluding hydrogens is 420 g/mol. The van der Waals surface area contributed by atoms with Crippen molar-refractivity contribution in [3.8, 4) is 5.75 Å². The van der Waals surface area contributed by atoms with Crippen LogP contribution in [0, 0.1) is 6.92 Å². The highest BCUT2D eigenvalue weighted by molar-refractivity contribution is 7.10. The summed E-state index contributed by atoms with van der Waals surface area (Å²) in [5.74, 6) is 0.862. The van der Waals surface area contributed by atoms with Gasteiger partial charge in [0.05, 0.1) is 18.7 Å². The molecule has 2 aromatic rings. The van der Waals surface area contributed by atoms with E-state index in [0.717, 1.165) is 18.6 Å². The van der Waals surface area contributed by atoms with Gasteiger partial charge >= 0.3 is 0 Å². The molecule has 0 saturated heterocycles. The second kappa shape index (κ2) is 12.0. The lowest BCUT2D eigenvalue weighted by atomic mass is 10.0. The van der Waals surface area contributed by atoms with Gasteiger partial charge in [-0.2, -0.15) is 0 Å². The average Bonchev–Trinajstić information content (AvgIpc) is 3.26. The summed E-state index contributed by atoms with van der Waals surface area (Å²) in [4.78, 5) is 18.6. The van der Waals surface area contributed by atoms with Gasteiger partial charge in [-0.05, 0) is 55.3 Å². The second-order valence-electron chi connectivity index (χ2n) is 8.28.